The van der Waals surface area contributed by atoms with Crippen LogP contribution in [0, 0.1) is 11.8 Å². The Morgan fingerprint density at radius 2 is 2.07 bits per heavy atom. The third-order valence-corrected chi connectivity index (χ3v) is 3.94. The van der Waals surface area contributed by atoms with Gasteiger partial charge in [0, 0.05) is 6.04 Å². The fourth-order valence-electron chi connectivity index (χ4n) is 3.23. The Kier molecular flexibility index (Phi) is 3.12. The van der Waals surface area contributed by atoms with Gasteiger partial charge in [-0.1, -0.05) is 13.0 Å². The van der Waals surface area contributed by atoms with Gasteiger partial charge in [-0.15, -0.1) is 0 Å². The van der Waals surface area contributed by atoms with Crippen LogP contribution in [0.4, 0.5) is 0 Å². The van der Waals surface area contributed by atoms with Crippen molar-refractivity contribution in [1.82, 2.24) is 0 Å². The zero-order valence-electron chi connectivity index (χ0n) is 8.82. The Morgan fingerprint density at radius 1 is 1.21 bits per heavy atom. The van der Waals surface area contributed by atoms with E-state index in [1.165, 1.54) is 38.5 Å². The number of rotatable bonds is 2. The van der Waals surface area contributed by atoms with E-state index >= 15 is 0 Å². The second kappa shape index (κ2) is 4.35. The lowest BCUT2D eigenvalue weighted by atomic mass is 9.68. The van der Waals surface area contributed by atoms with Crippen LogP contribution >= 0.6 is 0 Å². The number of hydrogen-bond acceptors (Lipinski definition) is 2. The van der Waals surface area contributed by atoms with Gasteiger partial charge in [0.05, 0.1) is 12.4 Å². The van der Waals surface area contributed by atoms with E-state index in [4.69, 9.17) is 10.5 Å². The van der Waals surface area contributed by atoms with Crippen molar-refractivity contribution in [3.8, 4) is 0 Å². The van der Waals surface area contributed by atoms with Gasteiger partial charge < -0.3 is 10.5 Å². The van der Waals surface area contributed by atoms with Crippen LogP contribution in [0.3, 0.4) is 0 Å². The summed E-state index contributed by atoms with van der Waals surface area (Å²) in [6.07, 6.45) is 9.52. The maximum absolute atomic E-state index is 6.15. The molecular formula is C12H21NO. The molecule has 2 aliphatic rings. The van der Waals surface area contributed by atoms with Crippen LogP contribution in [-0.4, -0.2) is 12.1 Å². The number of hydrogen-bond donors (Lipinski definition) is 1. The van der Waals surface area contributed by atoms with Gasteiger partial charge in [-0.05, 0) is 43.9 Å². The van der Waals surface area contributed by atoms with E-state index in [0.717, 1.165) is 11.8 Å². The number of fused-ring (bicyclic) bond motifs is 1. The quantitative estimate of drug-likeness (QED) is 0.687. The molecule has 0 saturated heterocycles. The zero-order chi connectivity index (χ0) is 9.97. The van der Waals surface area contributed by atoms with Gasteiger partial charge >= 0.3 is 0 Å². The minimum absolute atomic E-state index is 0.416. The smallest absolute Gasteiger partial charge is 0.0981 e. The van der Waals surface area contributed by atoms with Crippen LogP contribution in [0.2, 0.25) is 0 Å². The van der Waals surface area contributed by atoms with Crippen molar-refractivity contribution in [2.45, 2.75) is 50.7 Å². The van der Waals surface area contributed by atoms with Crippen LogP contribution < -0.4 is 5.73 Å². The minimum atomic E-state index is 0.416. The summed E-state index contributed by atoms with van der Waals surface area (Å²) < 4.78 is 5.49. The second-order valence-corrected chi connectivity index (χ2v) is 4.76. The molecule has 0 radical (unpaired) electrons. The highest BCUT2D eigenvalue weighted by molar-refractivity contribution is 4.90. The highest BCUT2D eigenvalue weighted by atomic mass is 16.5. The SMILES string of the molecule is C=COC1CCC2C(N)CCCC2C1. The summed E-state index contributed by atoms with van der Waals surface area (Å²) in [6, 6.07) is 0.457. The first-order chi connectivity index (χ1) is 6.81. The highest BCUT2D eigenvalue weighted by Gasteiger charge is 2.36. The van der Waals surface area contributed by atoms with E-state index in [0.29, 0.717) is 12.1 Å². The minimum Gasteiger partial charge on any atom is -0.499 e. The Morgan fingerprint density at radius 3 is 2.86 bits per heavy atom. The maximum atomic E-state index is 6.15. The summed E-state index contributed by atoms with van der Waals surface area (Å²) in [6.45, 7) is 3.63. The van der Waals surface area contributed by atoms with E-state index in [9.17, 15) is 0 Å². The van der Waals surface area contributed by atoms with Crippen molar-refractivity contribution in [2.75, 3.05) is 0 Å². The molecule has 0 spiro atoms. The summed E-state index contributed by atoms with van der Waals surface area (Å²) in [5, 5.41) is 0. The van der Waals surface area contributed by atoms with Gasteiger partial charge in [0.25, 0.3) is 0 Å². The molecular weight excluding hydrogens is 174 g/mol. The fourth-order valence-corrected chi connectivity index (χ4v) is 3.23. The maximum Gasteiger partial charge on any atom is 0.0981 e. The molecule has 0 aromatic heterocycles. The molecule has 2 fully saturated rings. The second-order valence-electron chi connectivity index (χ2n) is 4.76. The Labute approximate surface area is 86.5 Å². The molecule has 2 aliphatic carbocycles. The Balaban J connectivity index is 1.92. The van der Waals surface area contributed by atoms with Gasteiger partial charge in [0.2, 0.25) is 0 Å². The summed E-state index contributed by atoms with van der Waals surface area (Å²) in [7, 11) is 0. The van der Waals surface area contributed by atoms with E-state index in [2.05, 4.69) is 6.58 Å². The third-order valence-electron chi connectivity index (χ3n) is 3.94. The molecule has 0 aromatic carbocycles. The molecule has 0 aromatic rings. The molecule has 0 bridgehead atoms. The van der Waals surface area contributed by atoms with Crippen molar-refractivity contribution in [3.63, 3.8) is 0 Å². The van der Waals surface area contributed by atoms with Gasteiger partial charge in [-0.2, -0.15) is 0 Å². The van der Waals surface area contributed by atoms with E-state index in [1.54, 1.807) is 6.26 Å². The molecule has 4 unspecified atom stereocenters. The van der Waals surface area contributed by atoms with Gasteiger partial charge in [-0.3, -0.25) is 0 Å². The van der Waals surface area contributed by atoms with E-state index in [-0.39, 0.29) is 0 Å². The average molecular weight is 195 g/mol. The molecule has 0 heterocycles. The van der Waals surface area contributed by atoms with Crippen molar-refractivity contribution < 1.29 is 4.74 Å². The van der Waals surface area contributed by atoms with Crippen LogP contribution in [0.1, 0.15) is 38.5 Å². The fraction of sp³-hybridized carbons (Fsp3) is 0.833. The van der Waals surface area contributed by atoms with Gasteiger partial charge in [-0.25, -0.2) is 0 Å². The van der Waals surface area contributed by atoms with Crippen molar-refractivity contribution >= 4 is 0 Å². The Hall–Kier alpha value is -0.500. The molecule has 4 atom stereocenters. The first-order valence-corrected chi connectivity index (χ1v) is 5.83. The normalized spacial score (nSPS) is 42.6. The Bertz CT molecular complexity index is 204. The average Bonchev–Trinajstić information content (AvgIpc) is 2.18. The molecule has 2 rings (SSSR count). The lowest BCUT2D eigenvalue weighted by Crippen LogP contribution is -2.43. The number of nitrogens with two attached hydrogens (primary N) is 1. The summed E-state index contributed by atoms with van der Waals surface area (Å²) in [4.78, 5) is 0. The van der Waals surface area contributed by atoms with Crippen LogP contribution in [-0.2, 0) is 4.74 Å². The first kappa shape index (κ1) is 10.0. The standard InChI is InChI=1S/C12H21NO/c1-2-14-10-6-7-11-9(8-10)4-3-5-12(11)13/h2,9-12H,1,3-8,13H2. The summed E-state index contributed by atoms with van der Waals surface area (Å²) in [5.41, 5.74) is 6.15. The van der Waals surface area contributed by atoms with Crippen LogP contribution in [0.25, 0.3) is 0 Å². The lowest BCUT2D eigenvalue weighted by Gasteiger charge is -2.42. The predicted octanol–water partition coefficient (Wildman–Crippen LogP) is 2.44. The molecule has 80 valence electrons. The van der Waals surface area contributed by atoms with Crippen molar-refractivity contribution in [2.24, 2.45) is 17.6 Å². The molecule has 0 aliphatic heterocycles. The predicted molar refractivity (Wildman–Crippen MR) is 57.7 cm³/mol. The first-order valence-electron chi connectivity index (χ1n) is 5.83. The molecule has 2 nitrogen and oxygen atoms in total. The summed E-state index contributed by atoms with van der Waals surface area (Å²) >= 11 is 0. The van der Waals surface area contributed by atoms with Crippen LogP contribution in [0.15, 0.2) is 12.8 Å². The van der Waals surface area contributed by atoms with Gasteiger partial charge in [0.15, 0.2) is 0 Å². The third kappa shape index (κ3) is 1.95. The number of ether oxygens (including phenoxy) is 1. The van der Waals surface area contributed by atoms with Gasteiger partial charge in [0.1, 0.15) is 0 Å². The molecule has 0 amide bonds. The van der Waals surface area contributed by atoms with Crippen molar-refractivity contribution in [1.29, 1.82) is 0 Å². The molecule has 14 heavy (non-hydrogen) atoms. The monoisotopic (exact) mass is 195 g/mol. The van der Waals surface area contributed by atoms with Crippen LogP contribution in [0.5, 0.6) is 0 Å². The highest BCUT2D eigenvalue weighted by Crippen LogP contribution is 2.40. The molecule has 2 saturated carbocycles. The summed E-state index contributed by atoms with van der Waals surface area (Å²) in [5.74, 6) is 1.59. The molecule has 2 N–H and O–H groups in total. The van der Waals surface area contributed by atoms with Crippen molar-refractivity contribution in [3.05, 3.63) is 12.8 Å². The molecule has 2 heteroatoms. The van der Waals surface area contributed by atoms with E-state index < -0.39 is 0 Å². The zero-order valence-corrected chi connectivity index (χ0v) is 8.82. The lowest BCUT2D eigenvalue weighted by molar-refractivity contribution is 0.0301. The largest absolute Gasteiger partial charge is 0.499 e. The topological polar surface area (TPSA) is 35.2 Å². The van der Waals surface area contributed by atoms with E-state index in [1.807, 2.05) is 0 Å².